The topological polar surface area (TPSA) is 40.5 Å². The number of allylic oxidation sites excluding steroid dienone is 2. The third-order valence-corrected chi connectivity index (χ3v) is 6.38. The Bertz CT molecular complexity index is 712. The van der Waals surface area contributed by atoms with E-state index in [1.54, 1.807) is 0 Å². The summed E-state index contributed by atoms with van der Waals surface area (Å²) in [7, 11) is 0. The molecule has 134 valence electrons. The van der Waals surface area contributed by atoms with Crippen molar-refractivity contribution >= 4 is 11.5 Å². The number of likely N-dealkylation sites (tertiary alicyclic amines) is 1. The van der Waals surface area contributed by atoms with Crippen molar-refractivity contribution in [2.45, 2.75) is 58.5 Å². The molecule has 2 aliphatic carbocycles. The fraction of sp³-hybridized carbons (Fsp3) is 0.591. The molecule has 2 fully saturated rings. The Labute approximate surface area is 150 Å². The maximum atomic E-state index is 12.5. The van der Waals surface area contributed by atoms with Gasteiger partial charge in [-0.1, -0.05) is 35.4 Å². The summed E-state index contributed by atoms with van der Waals surface area (Å²) in [5.74, 6) is 0.318. The highest BCUT2D eigenvalue weighted by Gasteiger charge is 2.50. The van der Waals surface area contributed by atoms with E-state index in [-0.39, 0.29) is 11.8 Å². The van der Waals surface area contributed by atoms with Gasteiger partial charge in [-0.3, -0.25) is 4.79 Å². The number of aryl methyl sites for hydroxylation is 2. The highest BCUT2D eigenvalue weighted by atomic mass is 16.3. The first-order valence-electron chi connectivity index (χ1n) is 9.54. The summed E-state index contributed by atoms with van der Waals surface area (Å²) in [6.45, 7) is 7.96. The molecule has 0 bridgehead atoms. The summed E-state index contributed by atoms with van der Waals surface area (Å²) in [6, 6.07) is 6.80. The van der Waals surface area contributed by atoms with Crippen molar-refractivity contribution in [3.05, 3.63) is 41.0 Å². The van der Waals surface area contributed by atoms with E-state index in [2.05, 4.69) is 38.1 Å². The average molecular weight is 339 g/mol. The van der Waals surface area contributed by atoms with Crippen molar-refractivity contribution in [1.29, 1.82) is 0 Å². The number of hydrogen-bond acceptors (Lipinski definition) is 2. The van der Waals surface area contributed by atoms with Gasteiger partial charge in [-0.25, -0.2) is 0 Å². The molecule has 1 aromatic carbocycles. The molecule has 1 saturated heterocycles. The second kappa shape index (κ2) is 5.70. The third-order valence-electron chi connectivity index (χ3n) is 6.38. The number of carbonyl (C=O) groups is 1. The molecule has 4 rings (SSSR count). The van der Waals surface area contributed by atoms with E-state index in [9.17, 15) is 9.90 Å². The predicted octanol–water partition coefficient (Wildman–Crippen LogP) is 3.86. The van der Waals surface area contributed by atoms with E-state index in [4.69, 9.17) is 0 Å². The predicted molar refractivity (Wildman–Crippen MR) is 100 cm³/mol. The summed E-state index contributed by atoms with van der Waals surface area (Å²) < 4.78 is 0. The monoisotopic (exact) mass is 339 g/mol. The molecule has 0 atom stereocenters. The number of rotatable bonds is 2. The first-order valence-corrected chi connectivity index (χ1v) is 9.54. The van der Waals surface area contributed by atoms with Crippen LogP contribution >= 0.6 is 0 Å². The zero-order valence-electron chi connectivity index (χ0n) is 15.6. The van der Waals surface area contributed by atoms with Crippen LogP contribution in [0.3, 0.4) is 0 Å². The molecule has 0 unspecified atom stereocenters. The zero-order valence-corrected chi connectivity index (χ0v) is 15.6. The quantitative estimate of drug-likeness (QED) is 0.889. The van der Waals surface area contributed by atoms with Crippen LogP contribution in [0.2, 0.25) is 0 Å². The standard InChI is InChI=1S/C22H29NO2/c1-15-8-16(2)10-18(9-15)17-4-6-22(7-5-17)13-23(14-22)20(24)19-11-21(3,25)12-19/h4,8-10,19,25H,5-7,11-14H2,1-3H3. The first-order chi connectivity index (χ1) is 11.8. The third kappa shape index (κ3) is 3.15. The molecule has 1 saturated carbocycles. The Balaban J connectivity index is 1.36. The fourth-order valence-corrected chi connectivity index (χ4v) is 5.01. The molecule has 0 radical (unpaired) electrons. The normalized spacial score (nSPS) is 30.5. The lowest BCUT2D eigenvalue weighted by Gasteiger charge is -2.54. The van der Waals surface area contributed by atoms with E-state index in [0.29, 0.717) is 18.3 Å². The van der Waals surface area contributed by atoms with Gasteiger partial charge in [0, 0.05) is 24.4 Å². The first kappa shape index (κ1) is 16.8. The lowest BCUT2D eigenvalue weighted by molar-refractivity contribution is -0.161. The van der Waals surface area contributed by atoms with Crippen LogP contribution in [0.4, 0.5) is 0 Å². The zero-order chi connectivity index (χ0) is 17.8. The average Bonchev–Trinajstić information content (AvgIpc) is 2.48. The van der Waals surface area contributed by atoms with Crippen LogP contribution in [-0.4, -0.2) is 34.6 Å². The minimum atomic E-state index is -0.614. The lowest BCUT2D eigenvalue weighted by atomic mass is 9.66. The van der Waals surface area contributed by atoms with E-state index in [0.717, 1.165) is 25.9 Å². The van der Waals surface area contributed by atoms with Crippen molar-refractivity contribution in [2.24, 2.45) is 11.3 Å². The molecule has 1 spiro atoms. The van der Waals surface area contributed by atoms with Crippen molar-refractivity contribution in [1.82, 2.24) is 4.90 Å². The smallest absolute Gasteiger partial charge is 0.225 e. The number of amides is 1. The second-order valence-corrected chi connectivity index (χ2v) is 9.11. The lowest BCUT2D eigenvalue weighted by Crippen LogP contribution is -2.62. The van der Waals surface area contributed by atoms with Crippen LogP contribution < -0.4 is 0 Å². The number of aliphatic hydroxyl groups is 1. The minimum Gasteiger partial charge on any atom is -0.390 e. The molecule has 0 aromatic heterocycles. The summed E-state index contributed by atoms with van der Waals surface area (Å²) in [4.78, 5) is 14.5. The fourth-order valence-electron chi connectivity index (χ4n) is 5.01. The summed E-state index contributed by atoms with van der Waals surface area (Å²) in [5, 5.41) is 9.85. The van der Waals surface area contributed by atoms with Gasteiger partial charge < -0.3 is 10.0 Å². The maximum absolute atomic E-state index is 12.5. The number of hydrogen-bond donors (Lipinski definition) is 1. The molecular formula is C22H29NO2. The van der Waals surface area contributed by atoms with Gasteiger partial charge in [-0.2, -0.15) is 0 Å². The van der Waals surface area contributed by atoms with Crippen molar-refractivity contribution < 1.29 is 9.90 Å². The van der Waals surface area contributed by atoms with Gasteiger partial charge in [0.15, 0.2) is 0 Å². The molecule has 1 N–H and O–H groups in total. The van der Waals surface area contributed by atoms with Crippen LogP contribution in [0.15, 0.2) is 24.3 Å². The van der Waals surface area contributed by atoms with Gasteiger partial charge in [0.2, 0.25) is 5.91 Å². The van der Waals surface area contributed by atoms with Crippen molar-refractivity contribution in [3.8, 4) is 0 Å². The highest BCUT2D eigenvalue weighted by Crippen LogP contribution is 2.47. The Morgan fingerprint density at radius 3 is 2.32 bits per heavy atom. The van der Waals surface area contributed by atoms with Gasteiger partial charge >= 0.3 is 0 Å². The van der Waals surface area contributed by atoms with Crippen molar-refractivity contribution in [3.63, 3.8) is 0 Å². The van der Waals surface area contributed by atoms with Crippen LogP contribution in [0, 0.1) is 25.2 Å². The van der Waals surface area contributed by atoms with Crippen LogP contribution in [0.1, 0.15) is 55.7 Å². The molecule has 1 amide bonds. The Kier molecular flexibility index (Phi) is 3.84. The summed E-state index contributed by atoms with van der Waals surface area (Å²) >= 11 is 0. The number of nitrogens with zero attached hydrogens (tertiary/aromatic N) is 1. The van der Waals surface area contributed by atoms with E-state index in [1.807, 2.05) is 11.8 Å². The number of benzene rings is 1. The number of carbonyl (C=O) groups excluding carboxylic acids is 1. The van der Waals surface area contributed by atoms with Crippen molar-refractivity contribution in [2.75, 3.05) is 13.1 Å². The molecule has 1 heterocycles. The molecule has 3 nitrogen and oxygen atoms in total. The Hall–Kier alpha value is -1.61. The van der Waals surface area contributed by atoms with Crippen LogP contribution in [0.25, 0.3) is 5.57 Å². The SMILES string of the molecule is Cc1cc(C)cc(C2=CCC3(CC2)CN(C(=O)C2CC(C)(O)C2)C3)c1. The molecule has 3 aliphatic rings. The van der Waals surface area contributed by atoms with E-state index < -0.39 is 5.60 Å². The summed E-state index contributed by atoms with van der Waals surface area (Å²) in [5.41, 5.74) is 5.19. The van der Waals surface area contributed by atoms with Gasteiger partial charge in [0.1, 0.15) is 0 Å². The van der Waals surface area contributed by atoms with Gasteiger partial charge in [-0.15, -0.1) is 0 Å². The van der Waals surface area contributed by atoms with Crippen LogP contribution in [-0.2, 0) is 4.79 Å². The largest absolute Gasteiger partial charge is 0.390 e. The summed E-state index contributed by atoms with van der Waals surface area (Å²) in [6.07, 6.45) is 7.05. The van der Waals surface area contributed by atoms with E-state index in [1.165, 1.54) is 28.7 Å². The highest BCUT2D eigenvalue weighted by molar-refractivity contribution is 5.81. The molecule has 3 heteroatoms. The molecule has 1 aliphatic heterocycles. The second-order valence-electron chi connectivity index (χ2n) is 9.11. The van der Waals surface area contributed by atoms with E-state index >= 15 is 0 Å². The Morgan fingerprint density at radius 1 is 1.16 bits per heavy atom. The Morgan fingerprint density at radius 2 is 1.80 bits per heavy atom. The molecule has 1 aromatic rings. The van der Waals surface area contributed by atoms with Gasteiger partial charge in [-0.05, 0) is 64.0 Å². The molecular weight excluding hydrogens is 310 g/mol. The van der Waals surface area contributed by atoms with Gasteiger partial charge in [0.05, 0.1) is 5.60 Å². The van der Waals surface area contributed by atoms with Gasteiger partial charge in [0.25, 0.3) is 0 Å². The molecule has 25 heavy (non-hydrogen) atoms. The minimum absolute atomic E-state index is 0.0531. The maximum Gasteiger partial charge on any atom is 0.225 e. The van der Waals surface area contributed by atoms with Crippen LogP contribution in [0.5, 0.6) is 0 Å².